The van der Waals surface area contributed by atoms with Crippen LogP contribution in [-0.2, 0) is 6.42 Å². The first-order valence-corrected chi connectivity index (χ1v) is 5.38. The maximum atomic E-state index is 4.48. The Morgan fingerprint density at radius 3 is 3.08 bits per heavy atom. The number of H-pyrrole nitrogens is 1. The van der Waals surface area contributed by atoms with Gasteiger partial charge >= 0.3 is 0 Å². The molecule has 0 spiro atoms. The molecule has 0 amide bonds. The Labute approximate surface area is 90.1 Å². The summed E-state index contributed by atoms with van der Waals surface area (Å²) in [6, 6.07) is 1.97. The third-order valence-corrected chi connectivity index (χ3v) is 2.74. The normalized spacial score (nSPS) is 10.9. The molecule has 13 heavy (non-hydrogen) atoms. The van der Waals surface area contributed by atoms with Gasteiger partial charge in [-0.15, -0.1) is 0 Å². The Kier molecular flexibility index (Phi) is 2.48. The predicted molar refractivity (Wildman–Crippen MR) is 60.6 cm³/mol. The number of fused-ring (bicyclic) bond motifs is 1. The molecule has 2 rings (SSSR count). The summed E-state index contributed by atoms with van der Waals surface area (Å²) in [5.41, 5.74) is 1.89. The molecule has 4 heteroatoms. The van der Waals surface area contributed by atoms with Crippen molar-refractivity contribution in [1.29, 1.82) is 0 Å². The van der Waals surface area contributed by atoms with E-state index >= 15 is 0 Å². The summed E-state index contributed by atoms with van der Waals surface area (Å²) in [6.07, 6.45) is 3.90. The lowest BCUT2D eigenvalue weighted by molar-refractivity contribution is 0.860. The van der Waals surface area contributed by atoms with E-state index in [1.165, 1.54) is 0 Å². The molecule has 0 aliphatic heterocycles. The standard InChI is InChI=1S/C9H10IN3/c1-2-3-7-12-8-6(10)4-5-11-9(8)13-7/h4-5H,2-3H2,1H3,(H,11,12,13). The zero-order valence-corrected chi connectivity index (χ0v) is 9.50. The van der Waals surface area contributed by atoms with Crippen molar-refractivity contribution in [3.8, 4) is 0 Å². The molecule has 0 fully saturated rings. The van der Waals surface area contributed by atoms with Gasteiger partial charge in [-0.3, -0.25) is 0 Å². The van der Waals surface area contributed by atoms with Crippen LogP contribution < -0.4 is 0 Å². The van der Waals surface area contributed by atoms with E-state index in [1.807, 2.05) is 6.07 Å². The molecule has 0 saturated carbocycles. The Bertz CT molecular complexity index is 422. The second-order valence-electron chi connectivity index (χ2n) is 2.92. The van der Waals surface area contributed by atoms with E-state index in [0.29, 0.717) is 0 Å². The van der Waals surface area contributed by atoms with Gasteiger partial charge in [-0.25, -0.2) is 9.97 Å². The van der Waals surface area contributed by atoms with Crippen LogP contribution in [0.4, 0.5) is 0 Å². The van der Waals surface area contributed by atoms with Crippen LogP contribution in [0.25, 0.3) is 11.2 Å². The number of halogens is 1. The predicted octanol–water partition coefficient (Wildman–Crippen LogP) is 2.51. The Balaban J connectivity index is 2.55. The Morgan fingerprint density at radius 1 is 1.54 bits per heavy atom. The van der Waals surface area contributed by atoms with Crippen molar-refractivity contribution in [2.45, 2.75) is 19.8 Å². The molecule has 0 atom stereocenters. The van der Waals surface area contributed by atoms with Gasteiger partial charge in [-0.2, -0.15) is 0 Å². The highest BCUT2D eigenvalue weighted by Crippen LogP contribution is 2.16. The first-order chi connectivity index (χ1) is 6.31. The highest BCUT2D eigenvalue weighted by atomic mass is 127. The van der Waals surface area contributed by atoms with Crippen LogP contribution in [0.15, 0.2) is 12.3 Å². The largest absolute Gasteiger partial charge is 0.327 e. The second kappa shape index (κ2) is 3.61. The van der Waals surface area contributed by atoms with Crippen molar-refractivity contribution in [2.75, 3.05) is 0 Å². The molecule has 1 N–H and O–H groups in total. The minimum absolute atomic E-state index is 0.898. The summed E-state index contributed by atoms with van der Waals surface area (Å²) in [5, 5.41) is 0. The third kappa shape index (κ3) is 1.67. The minimum Gasteiger partial charge on any atom is -0.327 e. The number of aromatic amines is 1. The van der Waals surface area contributed by atoms with Gasteiger partial charge in [0.25, 0.3) is 0 Å². The molecule has 0 saturated heterocycles. The fourth-order valence-corrected chi connectivity index (χ4v) is 1.82. The van der Waals surface area contributed by atoms with E-state index in [4.69, 9.17) is 0 Å². The monoisotopic (exact) mass is 287 g/mol. The van der Waals surface area contributed by atoms with Gasteiger partial charge < -0.3 is 4.98 Å². The van der Waals surface area contributed by atoms with Crippen molar-refractivity contribution in [1.82, 2.24) is 15.0 Å². The van der Waals surface area contributed by atoms with Gasteiger partial charge in [-0.1, -0.05) is 6.92 Å². The lowest BCUT2D eigenvalue weighted by Crippen LogP contribution is -1.84. The number of hydrogen-bond donors (Lipinski definition) is 1. The minimum atomic E-state index is 0.898. The fraction of sp³-hybridized carbons (Fsp3) is 0.333. The van der Waals surface area contributed by atoms with Crippen LogP contribution in [0, 0.1) is 3.57 Å². The first-order valence-electron chi connectivity index (χ1n) is 4.30. The van der Waals surface area contributed by atoms with Crippen LogP contribution in [0.3, 0.4) is 0 Å². The Hall–Kier alpha value is -0.650. The maximum Gasteiger partial charge on any atom is 0.158 e. The second-order valence-corrected chi connectivity index (χ2v) is 4.09. The summed E-state index contributed by atoms with van der Waals surface area (Å²) < 4.78 is 1.15. The molecule has 0 radical (unpaired) electrons. The number of nitrogens with zero attached hydrogens (tertiary/aromatic N) is 2. The number of pyridine rings is 1. The number of hydrogen-bond acceptors (Lipinski definition) is 2. The molecule has 2 aromatic rings. The van der Waals surface area contributed by atoms with E-state index in [0.717, 1.165) is 33.4 Å². The highest BCUT2D eigenvalue weighted by molar-refractivity contribution is 14.1. The van der Waals surface area contributed by atoms with E-state index in [9.17, 15) is 0 Å². The molecule has 2 heterocycles. The summed E-state index contributed by atoms with van der Waals surface area (Å²) in [6.45, 7) is 2.14. The molecule has 3 nitrogen and oxygen atoms in total. The number of rotatable bonds is 2. The molecule has 0 aliphatic carbocycles. The van der Waals surface area contributed by atoms with E-state index in [-0.39, 0.29) is 0 Å². The van der Waals surface area contributed by atoms with E-state index in [1.54, 1.807) is 6.20 Å². The van der Waals surface area contributed by atoms with Gasteiger partial charge in [0, 0.05) is 16.2 Å². The lowest BCUT2D eigenvalue weighted by Gasteiger charge is -1.87. The third-order valence-electron chi connectivity index (χ3n) is 1.87. The lowest BCUT2D eigenvalue weighted by atomic mass is 10.3. The first kappa shape index (κ1) is 8.93. The van der Waals surface area contributed by atoms with Crippen molar-refractivity contribution in [2.24, 2.45) is 0 Å². The number of nitrogens with one attached hydrogen (secondary N) is 1. The van der Waals surface area contributed by atoms with E-state index < -0.39 is 0 Å². The zero-order chi connectivity index (χ0) is 9.26. The summed E-state index contributed by atoms with van der Waals surface area (Å²) >= 11 is 2.28. The highest BCUT2D eigenvalue weighted by Gasteiger charge is 2.04. The van der Waals surface area contributed by atoms with E-state index in [2.05, 4.69) is 44.5 Å². The molecule has 0 bridgehead atoms. The summed E-state index contributed by atoms with van der Waals surface area (Å²) in [5.74, 6) is 1.04. The smallest absolute Gasteiger partial charge is 0.158 e. The molecular weight excluding hydrogens is 277 g/mol. The van der Waals surface area contributed by atoms with Crippen molar-refractivity contribution < 1.29 is 0 Å². The average molecular weight is 287 g/mol. The van der Waals surface area contributed by atoms with Crippen LogP contribution in [0.5, 0.6) is 0 Å². The molecule has 0 aromatic carbocycles. The number of imidazole rings is 1. The van der Waals surface area contributed by atoms with Gasteiger partial charge in [0.1, 0.15) is 11.3 Å². The summed E-state index contributed by atoms with van der Waals surface area (Å²) in [7, 11) is 0. The number of aromatic nitrogens is 3. The molecule has 0 unspecified atom stereocenters. The van der Waals surface area contributed by atoms with Crippen molar-refractivity contribution in [3.63, 3.8) is 0 Å². The van der Waals surface area contributed by atoms with Crippen LogP contribution in [-0.4, -0.2) is 15.0 Å². The molecule has 68 valence electrons. The van der Waals surface area contributed by atoms with Crippen molar-refractivity contribution >= 4 is 33.8 Å². The summed E-state index contributed by atoms with van der Waals surface area (Å²) in [4.78, 5) is 11.9. The Morgan fingerprint density at radius 2 is 2.38 bits per heavy atom. The fourth-order valence-electron chi connectivity index (χ4n) is 1.28. The zero-order valence-electron chi connectivity index (χ0n) is 7.34. The van der Waals surface area contributed by atoms with Gasteiger partial charge in [0.05, 0.1) is 0 Å². The molecule has 2 aromatic heterocycles. The van der Waals surface area contributed by atoms with Gasteiger partial charge in [0.2, 0.25) is 0 Å². The van der Waals surface area contributed by atoms with Crippen LogP contribution >= 0.6 is 22.6 Å². The van der Waals surface area contributed by atoms with Crippen molar-refractivity contribution in [3.05, 3.63) is 21.7 Å². The number of aryl methyl sites for hydroxylation is 1. The van der Waals surface area contributed by atoms with Crippen LogP contribution in [0.2, 0.25) is 0 Å². The molecule has 0 aliphatic rings. The quantitative estimate of drug-likeness (QED) is 0.862. The topological polar surface area (TPSA) is 41.6 Å². The van der Waals surface area contributed by atoms with Gasteiger partial charge in [0.15, 0.2) is 5.65 Å². The van der Waals surface area contributed by atoms with Gasteiger partial charge in [-0.05, 0) is 35.1 Å². The SMILES string of the molecule is CCCc1nc2c(I)ccnc2[nH]1. The maximum absolute atomic E-state index is 4.48. The average Bonchev–Trinajstić information content (AvgIpc) is 2.49. The van der Waals surface area contributed by atoms with Crippen LogP contribution in [0.1, 0.15) is 19.2 Å². The molecular formula is C9H10IN3.